The quantitative estimate of drug-likeness (QED) is 0.839. The van der Waals surface area contributed by atoms with E-state index in [0.717, 1.165) is 6.42 Å². The zero-order valence-corrected chi connectivity index (χ0v) is 12.6. The van der Waals surface area contributed by atoms with Gasteiger partial charge in [-0.15, -0.1) is 0 Å². The second-order valence-corrected chi connectivity index (χ2v) is 5.66. The summed E-state index contributed by atoms with van der Waals surface area (Å²) in [7, 11) is 1.35. The first-order chi connectivity index (χ1) is 10.2. The number of rotatable bonds is 5. The SMILES string of the molecule is COC(=O)c1cccc(NC(=O)CCC2CCCCC2)c1. The molecule has 0 heterocycles. The van der Waals surface area contributed by atoms with Gasteiger partial charge in [0.1, 0.15) is 0 Å². The number of benzene rings is 1. The van der Waals surface area contributed by atoms with Crippen LogP contribution in [-0.2, 0) is 9.53 Å². The Balaban J connectivity index is 1.83. The van der Waals surface area contributed by atoms with Gasteiger partial charge in [-0.05, 0) is 30.5 Å². The summed E-state index contributed by atoms with van der Waals surface area (Å²) < 4.78 is 4.67. The molecule has 0 radical (unpaired) electrons. The first-order valence-electron chi connectivity index (χ1n) is 7.67. The van der Waals surface area contributed by atoms with Gasteiger partial charge in [0.2, 0.25) is 5.91 Å². The van der Waals surface area contributed by atoms with Gasteiger partial charge in [0.05, 0.1) is 12.7 Å². The molecule has 1 fully saturated rings. The fourth-order valence-electron chi connectivity index (χ4n) is 2.88. The van der Waals surface area contributed by atoms with Gasteiger partial charge in [0.15, 0.2) is 0 Å². The van der Waals surface area contributed by atoms with Gasteiger partial charge < -0.3 is 10.1 Å². The number of hydrogen-bond acceptors (Lipinski definition) is 3. The Kier molecular flexibility index (Phi) is 5.78. The number of esters is 1. The Labute approximate surface area is 125 Å². The molecular formula is C17H23NO3. The van der Waals surface area contributed by atoms with Crippen LogP contribution in [0.4, 0.5) is 5.69 Å². The Hall–Kier alpha value is -1.84. The topological polar surface area (TPSA) is 55.4 Å². The molecular weight excluding hydrogens is 266 g/mol. The first kappa shape index (κ1) is 15.5. The van der Waals surface area contributed by atoms with Crippen molar-refractivity contribution in [3.05, 3.63) is 29.8 Å². The summed E-state index contributed by atoms with van der Waals surface area (Å²) in [4.78, 5) is 23.4. The van der Waals surface area contributed by atoms with Crippen molar-refractivity contribution in [3.63, 3.8) is 0 Å². The van der Waals surface area contributed by atoms with Crippen LogP contribution in [0.2, 0.25) is 0 Å². The number of amides is 1. The van der Waals surface area contributed by atoms with E-state index in [0.29, 0.717) is 23.6 Å². The van der Waals surface area contributed by atoms with E-state index >= 15 is 0 Å². The van der Waals surface area contributed by atoms with E-state index in [-0.39, 0.29) is 5.91 Å². The minimum atomic E-state index is -0.395. The van der Waals surface area contributed by atoms with Crippen molar-refractivity contribution in [2.75, 3.05) is 12.4 Å². The van der Waals surface area contributed by atoms with Gasteiger partial charge in [-0.25, -0.2) is 4.79 Å². The van der Waals surface area contributed by atoms with Gasteiger partial charge >= 0.3 is 5.97 Å². The largest absolute Gasteiger partial charge is 0.465 e. The van der Waals surface area contributed by atoms with E-state index in [1.54, 1.807) is 24.3 Å². The third-order valence-corrected chi connectivity index (χ3v) is 4.07. The fraction of sp³-hybridized carbons (Fsp3) is 0.529. The summed E-state index contributed by atoms with van der Waals surface area (Å²) in [6.07, 6.45) is 7.95. The van der Waals surface area contributed by atoms with Crippen molar-refractivity contribution in [3.8, 4) is 0 Å². The lowest BCUT2D eigenvalue weighted by molar-refractivity contribution is -0.116. The minimum absolute atomic E-state index is 0.0163. The monoisotopic (exact) mass is 289 g/mol. The van der Waals surface area contributed by atoms with E-state index in [9.17, 15) is 9.59 Å². The zero-order valence-electron chi connectivity index (χ0n) is 12.6. The van der Waals surface area contributed by atoms with E-state index in [1.165, 1.54) is 39.2 Å². The summed E-state index contributed by atoms with van der Waals surface area (Å²) in [5.74, 6) is 0.321. The highest BCUT2D eigenvalue weighted by molar-refractivity contribution is 5.94. The second kappa shape index (κ2) is 7.81. The molecule has 4 heteroatoms. The smallest absolute Gasteiger partial charge is 0.337 e. The predicted molar refractivity (Wildman–Crippen MR) is 82.2 cm³/mol. The molecule has 0 atom stereocenters. The molecule has 1 N–H and O–H groups in total. The molecule has 1 aromatic rings. The van der Waals surface area contributed by atoms with Crippen LogP contribution in [0.15, 0.2) is 24.3 Å². The first-order valence-corrected chi connectivity index (χ1v) is 7.67. The summed E-state index contributed by atoms with van der Waals surface area (Å²) in [5, 5.41) is 2.85. The molecule has 0 saturated heterocycles. The zero-order chi connectivity index (χ0) is 15.1. The maximum absolute atomic E-state index is 12.0. The van der Waals surface area contributed by atoms with Crippen LogP contribution in [-0.4, -0.2) is 19.0 Å². The van der Waals surface area contributed by atoms with Gasteiger partial charge in [-0.2, -0.15) is 0 Å². The van der Waals surface area contributed by atoms with Gasteiger partial charge in [-0.1, -0.05) is 38.2 Å². The highest BCUT2D eigenvalue weighted by Crippen LogP contribution is 2.27. The van der Waals surface area contributed by atoms with Crippen molar-refractivity contribution in [2.24, 2.45) is 5.92 Å². The molecule has 1 amide bonds. The molecule has 2 rings (SSSR count). The number of carbonyl (C=O) groups excluding carboxylic acids is 2. The molecule has 1 aliphatic rings. The van der Waals surface area contributed by atoms with Crippen molar-refractivity contribution in [2.45, 2.75) is 44.9 Å². The lowest BCUT2D eigenvalue weighted by atomic mass is 9.86. The summed E-state index contributed by atoms with van der Waals surface area (Å²) in [6, 6.07) is 6.84. The van der Waals surface area contributed by atoms with Crippen molar-refractivity contribution >= 4 is 17.6 Å². The fourth-order valence-corrected chi connectivity index (χ4v) is 2.88. The third-order valence-electron chi connectivity index (χ3n) is 4.07. The van der Waals surface area contributed by atoms with Crippen LogP contribution in [0.3, 0.4) is 0 Å². The Morgan fingerprint density at radius 2 is 2.00 bits per heavy atom. The molecule has 1 aromatic carbocycles. The van der Waals surface area contributed by atoms with E-state index < -0.39 is 5.97 Å². The molecule has 114 valence electrons. The average molecular weight is 289 g/mol. The molecule has 0 aliphatic heterocycles. The van der Waals surface area contributed by atoms with Crippen molar-refractivity contribution in [1.82, 2.24) is 0 Å². The van der Waals surface area contributed by atoms with E-state index in [2.05, 4.69) is 10.1 Å². The molecule has 0 aromatic heterocycles. The number of methoxy groups -OCH3 is 1. The Morgan fingerprint density at radius 3 is 2.71 bits per heavy atom. The highest BCUT2D eigenvalue weighted by atomic mass is 16.5. The van der Waals surface area contributed by atoms with Crippen LogP contribution in [0.25, 0.3) is 0 Å². The lowest BCUT2D eigenvalue weighted by Crippen LogP contribution is -2.15. The second-order valence-electron chi connectivity index (χ2n) is 5.66. The number of hydrogen-bond donors (Lipinski definition) is 1. The van der Waals surface area contributed by atoms with Gasteiger partial charge in [0.25, 0.3) is 0 Å². The van der Waals surface area contributed by atoms with Gasteiger partial charge in [-0.3, -0.25) is 4.79 Å². The summed E-state index contributed by atoms with van der Waals surface area (Å²) in [5.41, 5.74) is 1.09. The van der Waals surface area contributed by atoms with Crippen molar-refractivity contribution < 1.29 is 14.3 Å². The lowest BCUT2D eigenvalue weighted by Gasteiger charge is -2.21. The Bertz CT molecular complexity index is 493. The summed E-state index contributed by atoms with van der Waals surface area (Å²) in [6.45, 7) is 0. The van der Waals surface area contributed by atoms with Crippen molar-refractivity contribution in [1.29, 1.82) is 0 Å². The number of nitrogens with one attached hydrogen (secondary N) is 1. The standard InChI is InChI=1S/C17H23NO3/c1-21-17(20)14-8-5-9-15(12-14)18-16(19)11-10-13-6-3-2-4-7-13/h5,8-9,12-13H,2-4,6-7,10-11H2,1H3,(H,18,19). The van der Waals surface area contributed by atoms with Crippen LogP contribution >= 0.6 is 0 Å². The van der Waals surface area contributed by atoms with E-state index in [4.69, 9.17) is 0 Å². The number of carbonyl (C=O) groups is 2. The Morgan fingerprint density at radius 1 is 1.24 bits per heavy atom. The molecule has 1 aliphatic carbocycles. The van der Waals surface area contributed by atoms with Crippen LogP contribution in [0.5, 0.6) is 0 Å². The average Bonchev–Trinajstić information content (AvgIpc) is 2.53. The number of anilines is 1. The third kappa shape index (κ3) is 4.88. The number of ether oxygens (including phenoxy) is 1. The molecule has 21 heavy (non-hydrogen) atoms. The normalized spacial score (nSPS) is 15.5. The summed E-state index contributed by atoms with van der Waals surface area (Å²) >= 11 is 0. The van der Waals surface area contributed by atoms with Crippen LogP contribution in [0.1, 0.15) is 55.3 Å². The molecule has 0 bridgehead atoms. The maximum Gasteiger partial charge on any atom is 0.337 e. The van der Waals surface area contributed by atoms with Crippen LogP contribution in [0, 0.1) is 5.92 Å². The molecule has 0 unspecified atom stereocenters. The maximum atomic E-state index is 12.0. The highest BCUT2D eigenvalue weighted by Gasteiger charge is 2.15. The molecule has 4 nitrogen and oxygen atoms in total. The van der Waals surface area contributed by atoms with Crippen LogP contribution < -0.4 is 5.32 Å². The minimum Gasteiger partial charge on any atom is -0.465 e. The molecule has 0 spiro atoms. The molecule has 1 saturated carbocycles. The van der Waals surface area contributed by atoms with E-state index in [1.807, 2.05) is 0 Å². The predicted octanol–water partition coefficient (Wildman–Crippen LogP) is 3.77. The van der Waals surface area contributed by atoms with Gasteiger partial charge in [0, 0.05) is 12.1 Å².